The van der Waals surface area contributed by atoms with Gasteiger partial charge in [-0.05, 0) is 64.7 Å². The second-order valence-corrected chi connectivity index (χ2v) is 8.96. The second-order valence-electron chi connectivity index (χ2n) is 6.54. The molecule has 1 aliphatic heterocycles. The Labute approximate surface area is 172 Å². The van der Waals surface area contributed by atoms with E-state index in [1.807, 2.05) is 24.3 Å². The zero-order valence-corrected chi connectivity index (χ0v) is 17.4. The summed E-state index contributed by atoms with van der Waals surface area (Å²) in [7, 11) is -3.90. The fourth-order valence-electron chi connectivity index (χ4n) is 3.05. The lowest BCUT2D eigenvalue weighted by molar-refractivity contribution is -0.119. The van der Waals surface area contributed by atoms with E-state index in [4.69, 9.17) is 5.14 Å². The van der Waals surface area contributed by atoms with Gasteiger partial charge in [-0.2, -0.15) is 0 Å². The van der Waals surface area contributed by atoms with E-state index in [0.717, 1.165) is 24.1 Å². The number of rotatable bonds is 5. The molecular weight excluding hydrogens is 446 g/mol. The number of sulfonamides is 1. The Hall–Kier alpha value is -2.23. The highest BCUT2D eigenvalue weighted by Crippen LogP contribution is 2.23. The molecule has 1 saturated heterocycles. The molecule has 0 saturated carbocycles. The van der Waals surface area contributed by atoms with E-state index in [2.05, 4.69) is 21.2 Å². The lowest BCUT2D eigenvalue weighted by Gasteiger charge is -2.27. The highest BCUT2D eigenvalue weighted by molar-refractivity contribution is 9.10. The Bertz CT molecular complexity index is 1020. The standard InChI is InChI=1S/C19H20BrN3O4S/c20-17-8-7-15(28(21,26)27)11-16(17)19(25)22-12-13-4-3-5-14(10-13)23-9-2-1-6-18(23)24/h3-5,7-8,10-11H,1-2,6,9,12H2,(H,22,25)(H2,21,26,27). The lowest BCUT2D eigenvalue weighted by Crippen LogP contribution is -2.35. The minimum absolute atomic E-state index is 0.108. The molecule has 28 heavy (non-hydrogen) atoms. The van der Waals surface area contributed by atoms with Crippen molar-refractivity contribution in [2.24, 2.45) is 5.14 Å². The number of hydrogen-bond acceptors (Lipinski definition) is 4. The van der Waals surface area contributed by atoms with Crippen LogP contribution in [-0.2, 0) is 21.4 Å². The summed E-state index contributed by atoms with van der Waals surface area (Å²) < 4.78 is 23.5. The second kappa shape index (κ2) is 8.42. The molecule has 0 atom stereocenters. The predicted octanol–water partition coefficient (Wildman–Crippen LogP) is 2.54. The van der Waals surface area contributed by atoms with E-state index in [0.29, 0.717) is 17.4 Å². The number of nitrogens with zero attached hydrogens (tertiary/aromatic N) is 1. The van der Waals surface area contributed by atoms with Crippen LogP contribution in [0.2, 0.25) is 0 Å². The molecule has 0 radical (unpaired) electrons. The highest BCUT2D eigenvalue weighted by atomic mass is 79.9. The monoisotopic (exact) mass is 465 g/mol. The van der Waals surface area contributed by atoms with Crippen LogP contribution in [0.5, 0.6) is 0 Å². The smallest absolute Gasteiger partial charge is 0.252 e. The van der Waals surface area contributed by atoms with Crippen molar-refractivity contribution in [2.45, 2.75) is 30.7 Å². The van der Waals surface area contributed by atoms with E-state index in [-0.39, 0.29) is 22.9 Å². The van der Waals surface area contributed by atoms with Crippen molar-refractivity contribution in [3.8, 4) is 0 Å². The van der Waals surface area contributed by atoms with Crippen LogP contribution >= 0.6 is 15.9 Å². The SMILES string of the molecule is NS(=O)(=O)c1ccc(Br)c(C(=O)NCc2cccc(N3CCCCC3=O)c2)c1. The molecule has 0 unspecified atom stereocenters. The van der Waals surface area contributed by atoms with Crippen LogP contribution in [0.1, 0.15) is 35.2 Å². The molecule has 9 heteroatoms. The Kier molecular flexibility index (Phi) is 6.17. The fourth-order valence-corrected chi connectivity index (χ4v) is 4.01. The molecule has 3 rings (SSSR count). The van der Waals surface area contributed by atoms with Crippen molar-refractivity contribution in [3.63, 3.8) is 0 Å². The molecule has 0 aromatic heterocycles. The zero-order chi connectivity index (χ0) is 20.3. The van der Waals surface area contributed by atoms with Gasteiger partial charge in [0.25, 0.3) is 5.91 Å². The van der Waals surface area contributed by atoms with Crippen molar-refractivity contribution < 1.29 is 18.0 Å². The van der Waals surface area contributed by atoms with Gasteiger partial charge in [0.15, 0.2) is 0 Å². The number of halogens is 1. The Morgan fingerprint density at radius 2 is 1.96 bits per heavy atom. The van der Waals surface area contributed by atoms with Crippen LogP contribution in [0.4, 0.5) is 5.69 Å². The maximum atomic E-state index is 12.5. The summed E-state index contributed by atoms with van der Waals surface area (Å²) in [5, 5.41) is 7.90. The number of primary sulfonamides is 1. The fraction of sp³-hybridized carbons (Fsp3) is 0.263. The highest BCUT2D eigenvalue weighted by Gasteiger charge is 2.20. The van der Waals surface area contributed by atoms with Crippen molar-refractivity contribution in [3.05, 3.63) is 58.1 Å². The molecule has 148 valence electrons. The minimum Gasteiger partial charge on any atom is -0.348 e. The van der Waals surface area contributed by atoms with Gasteiger partial charge in [0, 0.05) is 29.7 Å². The van der Waals surface area contributed by atoms with Crippen molar-refractivity contribution in [1.82, 2.24) is 5.32 Å². The summed E-state index contributed by atoms with van der Waals surface area (Å²) >= 11 is 3.25. The molecular formula is C19H20BrN3O4S. The summed E-state index contributed by atoms with van der Waals surface area (Å²) in [6.45, 7) is 0.933. The zero-order valence-electron chi connectivity index (χ0n) is 15.0. The van der Waals surface area contributed by atoms with Crippen LogP contribution in [0.15, 0.2) is 51.8 Å². The van der Waals surface area contributed by atoms with Crippen LogP contribution in [0.3, 0.4) is 0 Å². The largest absolute Gasteiger partial charge is 0.348 e. The van der Waals surface area contributed by atoms with Gasteiger partial charge in [-0.25, -0.2) is 13.6 Å². The third-order valence-corrected chi connectivity index (χ3v) is 6.11. The first-order chi connectivity index (χ1) is 13.3. The summed E-state index contributed by atoms with van der Waals surface area (Å²) in [6.07, 6.45) is 2.44. The maximum Gasteiger partial charge on any atom is 0.252 e. The van der Waals surface area contributed by atoms with Gasteiger partial charge in [-0.15, -0.1) is 0 Å². The summed E-state index contributed by atoms with van der Waals surface area (Å²) in [4.78, 5) is 26.2. The van der Waals surface area contributed by atoms with Gasteiger partial charge < -0.3 is 10.2 Å². The normalized spacial score (nSPS) is 14.8. The van der Waals surface area contributed by atoms with Gasteiger partial charge in [0.2, 0.25) is 15.9 Å². The average molecular weight is 466 g/mol. The van der Waals surface area contributed by atoms with E-state index in [9.17, 15) is 18.0 Å². The third kappa shape index (κ3) is 4.78. The molecule has 0 aliphatic carbocycles. The van der Waals surface area contributed by atoms with Crippen LogP contribution in [0, 0.1) is 0 Å². The Morgan fingerprint density at radius 1 is 1.18 bits per heavy atom. The van der Waals surface area contributed by atoms with Crippen LogP contribution in [0.25, 0.3) is 0 Å². The molecule has 0 spiro atoms. The van der Waals surface area contributed by atoms with Crippen molar-refractivity contribution in [2.75, 3.05) is 11.4 Å². The molecule has 1 heterocycles. The Balaban J connectivity index is 1.73. The van der Waals surface area contributed by atoms with Crippen LogP contribution in [-0.4, -0.2) is 26.8 Å². The maximum absolute atomic E-state index is 12.5. The molecule has 2 aromatic rings. The summed E-state index contributed by atoms with van der Waals surface area (Å²) in [5.74, 6) is -0.326. The quantitative estimate of drug-likeness (QED) is 0.706. The Morgan fingerprint density at radius 3 is 2.68 bits per heavy atom. The van der Waals surface area contributed by atoms with Gasteiger partial charge in [0.05, 0.1) is 10.5 Å². The topological polar surface area (TPSA) is 110 Å². The third-order valence-electron chi connectivity index (χ3n) is 4.51. The molecule has 0 bridgehead atoms. The van der Waals surface area contributed by atoms with E-state index < -0.39 is 15.9 Å². The first-order valence-corrected chi connectivity index (χ1v) is 11.1. The van der Waals surface area contributed by atoms with Gasteiger partial charge >= 0.3 is 0 Å². The van der Waals surface area contributed by atoms with E-state index in [1.54, 1.807) is 4.90 Å². The number of carbonyl (C=O) groups excluding carboxylic acids is 2. The number of anilines is 1. The van der Waals surface area contributed by atoms with Crippen molar-refractivity contribution >= 4 is 43.5 Å². The number of hydrogen-bond donors (Lipinski definition) is 2. The number of benzene rings is 2. The minimum atomic E-state index is -3.90. The number of nitrogens with one attached hydrogen (secondary N) is 1. The molecule has 2 amide bonds. The molecule has 2 aromatic carbocycles. The number of piperidine rings is 1. The van der Waals surface area contributed by atoms with Gasteiger partial charge in [0.1, 0.15) is 0 Å². The number of amides is 2. The van der Waals surface area contributed by atoms with Gasteiger partial charge in [-0.1, -0.05) is 12.1 Å². The number of carbonyl (C=O) groups is 2. The molecule has 7 nitrogen and oxygen atoms in total. The van der Waals surface area contributed by atoms with Crippen molar-refractivity contribution in [1.29, 1.82) is 0 Å². The van der Waals surface area contributed by atoms with E-state index in [1.165, 1.54) is 18.2 Å². The molecule has 1 fully saturated rings. The predicted molar refractivity (Wildman–Crippen MR) is 109 cm³/mol. The summed E-state index contributed by atoms with van der Waals surface area (Å²) in [5.41, 5.74) is 1.82. The summed E-state index contributed by atoms with van der Waals surface area (Å²) in [6, 6.07) is 11.5. The lowest BCUT2D eigenvalue weighted by atomic mass is 10.1. The first-order valence-electron chi connectivity index (χ1n) is 8.75. The average Bonchev–Trinajstić information content (AvgIpc) is 2.66. The van der Waals surface area contributed by atoms with Crippen LogP contribution < -0.4 is 15.4 Å². The van der Waals surface area contributed by atoms with Gasteiger partial charge in [-0.3, -0.25) is 9.59 Å². The molecule has 1 aliphatic rings. The molecule has 3 N–H and O–H groups in total. The number of nitrogens with two attached hydrogens (primary N) is 1. The van der Waals surface area contributed by atoms with E-state index >= 15 is 0 Å². The first kappa shape index (κ1) is 20.5.